The lowest BCUT2D eigenvalue weighted by molar-refractivity contribution is 0.0939. The third-order valence-electron chi connectivity index (χ3n) is 4.86. The Hall–Kier alpha value is -2.32. The van der Waals surface area contributed by atoms with Crippen molar-refractivity contribution in [2.45, 2.75) is 56.0 Å². The summed E-state index contributed by atoms with van der Waals surface area (Å²) in [6.07, 6.45) is 5.81. The lowest BCUT2D eigenvalue weighted by atomic mass is 10.1. The van der Waals surface area contributed by atoms with Crippen molar-refractivity contribution < 1.29 is 22.4 Å². The fourth-order valence-corrected chi connectivity index (χ4v) is 4.94. The van der Waals surface area contributed by atoms with Crippen molar-refractivity contribution >= 4 is 15.9 Å². The normalized spacial score (nSPS) is 16.1. The summed E-state index contributed by atoms with van der Waals surface area (Å²) in [5.41, 5.74) is 0.263. The van der Waals surface area contributed by atoms with Crippen LogP contribution in [0.3, 0.4) is 0 Å². The second kappa shape index (κ2) is 8.79. The molecule has 0 bridgehead atoms. The highest BCUT2D eigenvalue weighted by Crippen LogP contribution is 2.27. The van der Waals surface area contributed by atoms with Crippen LogP contribution in [-0.4, -0.2) is 33.5 Å². The molecule has 152 valence electrons. The minimum absolute atomic E-state index is 0.0202. The van der Waals surface area contributed by atoms with Gasteiger partial charge in [0.2, 0.25) is 10.0 Å². The molecule has 7 nitrogen and oxygen atoms in total. The number of carbonyl (C=O) groups is 1. The Morgan fingerprint density at radius 1 is 1.29 bits per heavy atom. The molecule has 1 aromatic carbocycles. The second-order valence-electron chi connectivity index (χ2n) is 7.13. The van der Waals surface area contributed by atoms with E-state index in [0.717, 1.165) is 31.4 Å². The van der Waals surface area contributed by atoms with Crippen LogP contribution in [0.15, 0.2) is 45.9 Å². The number of ether oxygens (including phenoxy) is 1. The number of sulfonamides is 1. The number of benzene rings is 1. The summed E-state index contributed by atoms with van der Waals surface area (Å²) in [5, 5.41) is 2.87. The Kier molecular flexibility index (Phi) is 6.41. The van der Waals surface area contributed by atoms with Crippen molar-refractivity contribution in [1.82, 2.24) is 10.0 Å². The van der Waals surface area contributed by atoms with Gasteiger partial charge in [-0.1, -0.05) is 12.8 Å². The molecule has 0 spiro atoms. The molecule has 1 aromatic heterocycles. The summed E-state index contributed by atoms with van der Waals surface area (Å²) >= 11 is 0. The van der Waals surface area contributed by atoms with Crippen LogP contribution in [0.1, 0.15) is 48.7 Å². The molecule has 28 heavy (non-hydrogen) atoms. The first-order valence-corrected chi connectivity index (χ1v) is 10.9. The molecule has 0 radical (unpaired) electrons. The van der Waals surface area contributed by atoms with Crippen molar-refractivity contribution in [1.29, 1.82) is 0 Å². The number of hydrogen-bond acceptors (Lipinski definition) is 5. The van der Waals surface area contributed by atoms with Gasteiger partial charge in [-0.2, -0.15) is 0 Å². The number of hydrogen-bond donors (Lipinski definition) is 2. The van der Waals surface area contributed by atoms with E-state index in [1.165, 1.54) is 19.2 Å². The van der Waals surface area contributed by atoms with Crippen LogP contribution >= 0.6 is 0 Å². The van der Waals surface area contributed by atoms with Crippen molar-refractivity contribution in [2.24, 2.45) is 0 Å². The van der Waals surface area contributed by atoms with Gasteiger partial charge in [0.1, 0.15) is 16.4 Å². The number of methoxy groups -OCH3 is 1. The molecule has 1 fully saturated rings. The Labute approximate surface area is 165 Å². The molecule has 8 heteroatoms. The molecule has 0 saturated heterocycles. The van der Waals surface area contributed by atoms with Crippen molar-refractivity contribution in [3.05, 3.63) is 47.9 Å². The zero-order valence-electron chi connectivity index (χ0n) is 16.1. The molecule has 1 aliphatic carbocycles. The standard InChI is InChI=1S/C20H26N2O5S/c1-14(12-17-8-5-11-27-17)21-20(23)15-9-10-18(26-2)19(13-15)28(24,25)22-16-6-3-4-7-16/h5,8-11,13-14,16,22H,3-4,6-7,12H2,1-2H3,(H,21,23). The van der Waals surface area contributed by atoms with Crippen LogP contribution in [0.25, 0.3) is 0 Å². The molecule has 2 aromatic rings. The van der Waals surface area contributed by atoms with Gasteiger partial charge in [0.25, 0.3) is 5.91 Å². The van der Waals surface area contributed by atoms with E-state index in [0.29, 0.717) is 6.42 Å². The van der Waals surface area contributed by atoms with Gasteiger partial charge < -0.3 is 14.5 Å². The Morgan fingerprint density at radius 2 is 2.04 bits per heavy atom. The maximum absolute atomic E-state index is 12.8. The SMILES string of the molecule is COc1ccc(C(=O)NC(C)Cc2ccco2)cc1S(=O)(=O)NC1CCCC1. The molecule has 1 saturated carbocycles. The number of amides is 1. The van der Waals surface area contributed by atoms with Crippen LogP contribution in [0.5, 0.6) is 5.75 Å². The van der Waals surface area contributed by atoms with Gasteiger partial charge in [-0.25, -0.2) is 13.1 Å². The number of rotatable bonds is 8. The molecule has 0 aliphatic heterocycles. The molecular weight excluding hydrogens is 380 g/mol. The van der Waals surface area contributed by atoms with E-state index in [1.54, 1.807) is 18.4 Å². The van der Waals surface area contributed by atoms with Crippen LogP contribution in [-0.2, 0) is 16.4 Å². The number of carbonyl (C=O) groups excluding carboxylic acids is 1. The average molecular weight is 407 g/mol. The molecule has 2 N–H and O–H groups in total. The van der Waals surface area contributed by atoms with Gasteiger partial charge in [0, 0.05) is 24.1 Å². The van der Waals surface area contributed by atoms with E-state index in [9.17, 15) is 13.2 Å². The monoisotopic (exact) mass is 406 g/mol. The van der Waals surface area contributed by atoms with Gasteiger partial charge in [0.05, 0.1) is 13.4 Å². The highest BCUT2D eigenvalue weighted by molar-refractivity contribution is 7.89. The second-order valence-corrected chi connectivity index (χ2v) is 8.81. The van der Waals surface area contributed by atoms with Gasteiger partial charge in [0.15, 0.2) is 0 Å². The highest BCUT2D eigenvalue weighted by atomic mass is 32.2. The van der Waals surface area contributed by atoms with Crippen molar-refractivity contribution in [2.75, 3.05) is 7.11 Å². The van der Waals surface area contributed by atoms with Gasteiger partial charge >= 0.3 is 0 Å². The minimum atomic E-state index is -3.78. The highest BCUT2D eigenvalue weighted by Gasteiger charge is 2.26. The third kappa shape index (κ3) is 4.94. The van der Waals surface area contributed by atoms with Crippen LogP contribution in [0.4, 0.5) is 0 Å². The Morgan fingerprint density at radius 3 is 2.68 bits per heavy atom. The van der Waals surface area contributed by atoms with Crippen LogP contribution < -0.4 is 14.8 Å². The fourth-order valence-electron chi connectivity index (χ4n) is 3.44. The fraction of sp³-hybridized carbons (Fsp3) is 0.450. The smallest absolute Gasteiger partial charge is 0.251 e. The first kappa shape index (κ1) is 20.4. The summed E-state index contributed by atoms with van der Waals surface area (Å²) < 4.78 is 38.9. The predicted molar refractivity (Wildman–Crippen MR) is 105 cm³/mol. The lowest BCUT2D eigenvalue weighted by Crippen LogP contribution is -2.35. The van der Waals surface area contributed by atoms with Crippen molar-refractivity contribution in [3.8, 4) is 5.75 Å². The summed E-state index contributed by atoms with van der Waals surface area (Å²) in [6, 6.07) is 7.83. The molecule has 3 rings (SSSR count). The predicted octanol–water partition coefficient (Wildman–Crippen LogP) is 2.87. The quantitative estimate of drug-likeness (QED) is 0.703. The third-order valence-corrected chi connectivity index (χ3v) is 6.40. The first-order valence-electron chi connectivity index (χ1n) is 9.42. The summed E-state index contributed by atoms with van der Waals surface area (Å²) in [7, 11) is -2.37. The van der Waals surface area contributed by atoms with E-state index < -0.39 is 10.0 Å². The molecule has 1 heterocycles. The topological polar surface area (TPSA) is 97.6 Å². The molecule has 1 unspecified atom stereocenters. The molecule has 1 amide bonds. The van der Waals surface area contributed by atoms with E-state index >= 15 is 0 Å². The van der Waals surface area contributed by atoms with E-state index in [1.807, 2.05) is 13.0 Å². The maximum atomic E-state index is 12.8. The molecule has 1 aliphatic rings. The van der Waals surface area contributed by atoms with Crippen molar-refractivity contribution in [3.63, 3.8) is 0 Å². The summed E-state index contributed by atoms with van der Waals surface area (Å²) in [4.78, 5) is 12.6. The first-order chi connectivity index (χ1) is 13.4. The number of nitrogens with one attached hydrogen (secondary N) is 2. The van der Waals surface area contributed by atoms with Crippen LogP contribution in [0, 0.1) is 0 Å². The van der Waals surface area contributed by atoms with Gasteiger partial charge in [-0.15, -0.1) is 0 Å². The Bertz CT molecular complexity index is 903. The number of furan rings is 1. The van der Waals surface area contributed by atoms with E-state index in [2.05, 4.69) is 10.0 Å². The molecule has 1 atom stereocenters. The zero-order chi connectivity index (χ0) is 20.1. The summed E-state index contributed by atoms with van der Waals surface area (Å²) in [6.45, 7) is 1.86. The van der Waals surface area contributed by atoms with Crippen LogP contribution in [0.2, 0.25) is 0 Å². The maximum Gasteiger partial charge on any atom is 0.251 e. The Balaban J connectivity index is 1.76. The van der Waals surface area contributed by atoms with Gasteiger partial charge in [-0.3, -0.25) is 4.79 Å². The lowest BCUT2D eigenvalue weighted by Gasteiger charge is -2.17. The minimum Gasteiger partial charge on any atom is -0.495 e. The average Bonchev–Trinajstić information content (AvgIpc) is 3.34. The van der Waals surface area contributed by atoms with E-state index in [-0.39, 0.29) is 34.2 Å². The largest absolute Gasteiger partial charge is 0.495 e. The zero-order valence-corrected chi connectivity index (χ0v) is 16.9. The van der Waals surface area contributed by atoms with E-state index in [4.69, 9.17) is 9.15 Å². The summed E-state index contributed by atoms with van der Waals surface area (Å²) in [5.74, 6) is 0.635. The van der Waals surface area contributed by atoms with Gasteiger partial charge in [-0.05, 0) is 50.1 Å². The molecular formula is C20H26N2O5S.